The van der Waals surface area contributed by atoms with Crippen LogP contribution in [0.15, 0.2) is 66.7 Å². The van der Waals surface area contributed by atoms with Crippen LogP contribution in [0, 0.1) is 11.6 Å². The molecule has 9 heteroatoms. The summed E-state index contributed by atoms with van der Waals surface area (Å²) in [7, 11) is 0. The number of carboxylic acids is 1. The molecule has 0 bridgehead atoms. The fraction of sp³-hybridized carbons (Fsp3) is 0.286. The van der Waals surface area contributed by atoms with E-state index in [9.17, 15) is 23.5 Å². The number of nitrogens with zero attached hydrogens (tertiary/aromatic N) is 1. The summed E-state index contributed by atoms with van der Waals surface area (Å²) in [4.78, 5) is 27.7. The quantitative estimate of drug-likeness (QED) is 0.337. The maximum absolute atomic E-state index is 14.6. The summed E-state index contributed by atoms with van der Waals surface area (Å²) >= 11 is 12.0. The van der Waals surface area contributed by atoms with E-state index in [2.05, 4.69) is 0 Å². The minimum atomic E-state index is -1.16. The van der Waals surface area contributed by atoms with E-state index < -0.39 is 47.8 Å². The van der Waals surface area contributed by atoms with Crippen LogP contribution >= 0.6 is 23.2 Å². The first-order valence-corrected chi connectivity index (χ1v) is 12.6. The van der Waals surface area contributed by atoms with Gasteiger partial charge in [-0.25, -0.2) is 13.6 Å². The first-order chi connectivity index (χ1) is 17.7. The number of carbonyl (C=O) groups is 2. The number of morpholine rings is 1. The van der Waals surface area contributed by atoms with Gasteiger partial charge < -0.3 is 14.7 Å². The summed E-state index contributed by atoms with van der Waals surface area (Å²) in [6.07, 6.45) is -1.21. The molecule has 1 fully saturated rings. The smallest absolute Gasteiger partial charge is 0.326 e. The Hall–Kier alpha value is -3.00. The zero-order chi connectivity index (χ0) is 26.7. The summed E-state index contributed by atoms with van der Waals surface area (Å²) in [6, 6.07) is 14.5. The van der Waals surface area contributed by atoms with Crippen molar-refractivity contribution in [2.24, 2.45) is 0 Å². The van der Waals surface area contributed by atoms with Gasteiger partial charge in [0, 0.05) is 11.4 Å². The Morgan fingerprint density at radius 3 is 2.27 bits per heavy atom. The molecule has 0 spiro atoms. The number of hydrogen-bond acceptors (Lipinski definition) is 3. The molecule has 1 saturated heterocycles. The summed E-state index contributed by atoms with van der Waals surface area (Å²) in [5.74, 6) is -2.76. The van der Waals surface area contributed by atoms with Crippen LogP contribution in [0.3, 0.4) is 0 Å². The molecule has 0 unspecified atom stereocenters. The van der Waals surface area contributed by atoms with Crippen molar-refractivity contribution in [1.82, 2.24) is 4.90 Å². The third-order valence-corrected chi connectivity index (χ3v) is 6.99. The number of carbonyl (C=O) groups excluding carboxylic acids is 1. The highest BCUT2D eigenvalue weighted by atomic mass is 35.5. The van der Waals surface area contributed by atoms with Crippen LogP contribution in [-0.2, 0) is 20.7 Å². The normalized spacial score (nSPS) is 20.6. The molecule has 4 atom stereocenters. The van der Waals surface area contributed by atoms with Crippen molar-refractivity contribution in [2.45, 2.75) is 50.5 Å². The van der Waals surface area contributed by atoms with Gasteiger partial charge in [-0.15, -0.1) is 0 Å². The molecule has 1 N–H and O–H groups in total. The molecule has 3 aromatic rings. The number of aliphatic carboxylic acids is 1. The van der Waals surface area contributed by atoms with Crippen LogP contribution < -0.4 is 0 Å². The van der Waals surface area contributed by atoms with Gasteiger partial charge in [0.1, 0.15) is 29.9 Å². The number of rotatable bonds is 8. The van der Waals surface area contributed by atoms with Crippen LogP contribution in [-0.4, -0.2) is 34.0 Å². The zero-order valence-electron chi connectivity index (χ0n) is 19.9. The van der Waals surface area contributed by atoms with Gasteiger partial charge in [-0.2, -0.15) is 0 Å². The molecule has 1 heterocycles. The highest BCUT2D eigenvalue weighted by Gasteiger charge is 2.48. The summed E-state index contributed by atoms with van der Waals surface area (Å²) < 4.78 is 34.4. The summed E-state index contributed by atoms with van der Waals surface area (Å²) in [6.45, 7) is 1.83. The second-order valence-corrected chi connectivity index (χ2v) is 9.78. The topological polar surface area (TPSA) is 66.8 Å². The Bertz CT molecular complexity index is 1270. The SMILES string of the molecule is CCC[C@H](C(=O)O)N1C(=O)[C@@H](Cc2ccc(F)cc2)O[C@H](c2ccc(Cl)c(F)c2)[C@@H]1c1ccc(Cl)cc1. The number of ether oxygens (including phenoxy) is 1. The van der Waals surface area contributed by atoms with Crippen LogP contribution in [0.5, 0.6) is 0 Å². The molecular formula is C28H25Cl2F2NO4. The predicted octanol–water partition coefficient (Wildman–Crippen LogP) is 6.78. The molecule has 0 radical (unpaired) electrons. The van der Waals surface area contributed by atoms with Crippen molar-refractivity contribution in [2.75, 3.05) is 0 Å². The van der Waals surface area contributed by atoms with E-state index in [1.807, 2.05) is 6.92 Å². The van der Waals surface area contributed by atoms with E-state index in [0.29, 0.717) is 28.1 Å². The van der Waals surface area contributed by atoms with Gasteiger partial charge in [0.2, 0.25) is 0 Å². The monoisotopic (exact) mass is 547 g/mol. The van der Waals surface area contributed by atoms with Crippen molar-refractivity contribution in [3.05, 3.63) is 105 Å². The maximum Gasteiger partial charge on any atom is 0.326 e. The Balaban J connectivity index is 1.87. The van der Waals surface area contributed by atoms with Gasteiger partial charge in [0.05, 0.1) is 11.1 Å². The van der Waals surface area contributed by atoms with Gasteiger partial charge in [0.25, 0.3) is 5.91 Å². The van der Waals surface area contributed by atoms with Gasteiger partial charge in [0.15, 0.2) is 0 Å². The first-order valence-electron chi connectivity index (χ1n) is 11.8. The van der Waals surface area contributed by atoms with Crippen molar-refractivity contribution >= 4 is 35.1 Å². The van der Waals surface area contributed by atoms with E-state index in [-0.39, 0.29) is 17.9 Å². The lowest BCUT2D eigenvalue weighted by atomic mass is 9.88. The highest BCUT2D eigenvalue weighted by Crippen LogP contribution is 2.44. The molecule has 0 saturated carbocycles. The third-order valence-electron chi connectivity index (χ3n) is 6.43. The third kappa shape index (κ3) is 5.95. The molecule has 1 amide bonds. The second-order valence-electron chi connectivity index (χ2n) is 8.93. The lowest BCUT2D eigenvalue weighted by Crippen LogP contribution is -2.57. The summed E-state index contributed by atoms with van der Waals surface area (Å²) in [5, 5.41) is 10.5. The molecule has 1 aliphatic heterocycles. The Kier molecular flexibility index (Phi) is 8.47. The number of carboxylic acid groups (broad SMARTS) is 1. The van der Waals surface area contributed by atoms with Gasteiger partial charge >= 0.3 is 5.97 Å². The Morgan fingerprint density at radius 1 is 1.03 bits per heavy atom. The fourth-order valence-corrected chi connectivity index (χ4v) is 4.92. The molecule has 5 nitrogen and oxygen atoms in total. The lowest BCUT2D eigenvalue weighted by molar-refractivity contribution is -0.184. The van der Waals surface area contributed by atoms with E-state index in [1.54, 1.807) is 42.5 Å². The highest BCUT2D eigenvalue weighted by molar-refractivity contribution is 6.30. The minimum Gasteiger partial charge on any atom is -0.480 e. The van der Waals surface area contributed by atoms with E-state index >= 15 is 0 Å². The van der Waals surface area contributed by atoms with Crippen molar-refractivity contribution < 1.29 is 28.2 Å². The number of halogens is 4. The molecule has 3 aromatic carbocycles. The van der Waals surface area contributed by atoms with Crippen molar-refractivity contribution in [3.63, 3.8) is 0 Å². The van der Waals surface area contributed by atoms with E-state index in [0.717, 1.165) is 0 Å². The van der Waals surface area contributed by atoms with Crippen LogP contribution in [0.4, 0.5) is 8.78 Å². The van der Waals surface area contributed by atoms with Crippen LogP contribution in [0.1, 0.15) is 48.6 Å². The summed E-state index contributed by atoms with van der Waals surface area (Å²) in [5.41, 5.74) is 1.61. The van der Waals surface area contributed by atoms with Gasteiger partial charge in [-0.05, 0) is 59.5 Å². The number of amides is 1. The Labute approximate surface area is 223 Å². The Morgan fingerprint density at radius 2 is 1.68 bits per heavy atom. The van der Waals surface area contributed by atoms with Gasteiger partial charge in [-0.1, -0.05) is 66.9 Å². The molecule has 0 aliphatic carbocycles. The average molecular weight is 548 g/mol. The maximum atomic E-state index is 14.6. The molecule has 4 rings (SSSR count). The second kappa shape index (κ2) is 11.6. The zero-order valence-corrected chi connectivity index (χ0v) is 21.4. The number of hydrogen-bond donors (Lipinski definition) is 1. The molecule has 1 aliphatic rings. The average Bonchev–Trinajstić information content (AvgIpc) is 2.87. The molecule has 0 aromatic heterocycles. The predicted molar refractivity (Wildman–Crippen MR) is 136 cm³/mol. The molecular weight excluding hydrogens is 523 g/mol. The minimum absolute atomic E-state index is 0.0761. The lowest BCUT2D eigenvalue weighted by Gasteiger charge is -2.47. The van der Waals surface area contributed by atoms with Crippen molar-refractivity contribution in [3.8, 4) is 0 Å². The molecule has 194 valence electrons. The van der Waals surface area contributed by atoms with E-state index in [4.69, 9.17) is 27.9 Å². The largest absolute Gasteiger partial charge is 0.480 e. The first kappa shape index (κ1) is 27.0. The van der Waals surface area contributed by atoms with Crippen molar-refractivity contribution in [1.29, 1.82) is 0 Å². The van der Waals surface area contributed by atoms with E-state index in [1.165, 1.54) is 29.2 Å². The van der Waals surface area contributed by atoms with Gasteiger partial charge in [-0.3, -0.25) is 4.79 Å². The van der Waals surface area contributed by atoms with Crippen LogP contribution in [0.2, 0.25) is 10.0 Å². The molecule has 37 heavy (non-hydrogen) atoms. The fourth-order valence-electron chi connectivity index (χ4n) is 4.68. The van der Waals surface area contributed by atoms with Crippen LogP contribution in [0.25, 0.3) is 0 Å². The number of benzene rings is 3. The standard InChI is InChI=1S/C28H25Cl2F2NO4/c1-2-3-23(28(35)36)33-25(17-6-9-19(29)10-7-17)26(18-8-13-21(30)22(32)15-18)37-24(27(33)34)14-16-4-11-20(31)12-5-16/h4-13,15,23-26H,2-3,14H2,1H3,(H,35,36)/t23-,24-,25+,26-/m1/s1.